The largest absolute Gasteiger partial charge is 0.508 e. The van der Waals surface area contributed by atoms with Crippen LogP contribution in [0.4, 0.5) is 11.4 Å². The first-order valence-electron chi connectivity index (χ1n) is 6.03. The molecule has 0 unspecified atom stereocenters. The number of benzene rings is 2. The van der Waals surface area contributed by atoms with Crippen LogP contribution in [-0.2, 0) is 6.42 Å². The van der Waals surface area contributed by atoms with Crippen LogP contribution in [0, 0.1) is 6.92 Å². The van der Waals surface area contributed by atoms with Crippen molar-refractivity contribution in [2.24, 2.45) is 0 Å². The molecule has 0 spiro atoms. The number of phenolic OH excluding ortho intramolecular Hbond substituents is 1. The average Bonchev–Trinajstić information content (AvgIpc) is 2.37. The van der Waals surface area contributed by atoms with Crippen molar-refractivity contribution in [2.45, 2.75) is 13.3 Å². The van der Waals surface area contributed by atoms with Gasteiger partial charge in [-0.15, -0.1) is 0 Å². The lowest BCUT2D eigenvalue weighted by molar-refractivity contribution is 0.475. The van der Waals surface area contributed by atoms with Gasteiger partial charge in [0.15, 0.2) is 0 Å². The number of nitrogens with two attached hydrogens (primary N) is 1. The predicted octanol–water partition coefficient (Wildman–Crippen LogP) is 2.94. The number of anilines is 2. The van der Waals surface area contributed by atoms with Gasteiger partial charge in [-0.1, -0.05) is 18.2 Å². The highest BCUT2D eigenvalue weighted by Crippen LogP contribution is 2.20. The highest BCUT2D eigenvalue weighted by molar-refractivity contribution is 5.62. The third kappa shape index (κ3) is 2.94. The zero-order chi connectivity index (χ0) is 13.0. The van der Waals surface area contributed by atoms with Gasteiger partial charge in [-0.05, 0) is 48.7 Å². The number of rotatable bonds is 4. The minimum Gasteiger partial charge on any atom is -0.508 e. The Morgan fingerprint density at radius 1 is 1.11 bits per heavy atom. The van der Waals surface area contributed by atoms with E-state index in [0.29, 0.717) is 5.75 Å². The maximum atomic E-state index is 9.20. The fraction of sp³-hybridized carbons (Fsp3) is 0.200. The molecule has 2 aromatic carbocycles. The third-order valence-electron chi connectivity index (χ3n) is 3.04. The normalized spacial score (nSPS) is 10.3. The number of nitrogen functional groups attached to an aromatic ring is 1. The van der Waals surface area contributed by atoms with Crippen LogP contribution in [0.25, 0.3) is 0 Å². The van der Waals surface area contributed by atoms with E-state index in [4.69, 9.17) is 5.73 Å². The minimum atomic E-state index is 0.304. The van der Waals surface area contributed by atoms with Crippen LogP contribution in [0.3, 0.4) is 0 Å². The van der Waals surface area contributed by atoms with E-state index in [1.807, 2.05) is 37.3 Å². The first-order valence-corrected chi connectivity index (χ1v) is 6.03. The maximum absolute atomic E-state index is 9.20. The van der Waals surface area contributed by atoms with Crippen LogP contribution in [-0.4, -0.2) is 11.7 Å². The van der Waals surface area contributed by atoms with E-state index >= 15 is 0 Å². The molecule has 0 saturated carbocycles. The molecule has 0 aliphatic rings. The molecular formula is C15H18N2O. The fourth-order valence-electron chi connectivity index (χ4n) is 1.85. The summed E-state index contributed by atoms with van der Waals surface area (Å²) in [5.41, 5.74) is 10.0. The lowest BCUT2D eigenvalue weighted by atomic mass is 10.1. The second-order valence-electron chi connectivity index (χ2n) is 4.36. The first-order chi connectivity index (χ1) is 8.66. The number of aromatic hydroxyl groups is 1. The van der Waals surface area contributed by atoms with Crippen molar-refractivity contribution in [3.8, 4) is 5.75 Å². The summed E-state index contributed by atoms with van der Waals surface area (Å²) in [7, 11) is 0. The highest BCUT2D eigenvalue weighted by Gasteiger charge is 2.00. The summed E-state index contributed by atoms with van der Waals surface area (Å²) in [6.45, 7) is 2.85. The van der Waals surface area contributed by atoms with Crippen LogP contribution >= 0.6 is 0 Å². The standard InChI is InChI=1S/C15H18N2O/c1-11-14(16)3-2-4-15(11)17-10-9-12-5-7-13(18)8-6-12/h2-8,17-18H,9-10,16H2,1H3. The molecule has 0 aliphatic heterocycles. The Kier molecular flexibility index (Phi) is 3.72. The van der Waals surface area contributed by atoms with E-state index in [0.717, 1.165) is 29.9 Å². The number of phenols is 1. The van der Waals surface area contributed by atoms with Gasteiger partial charge >= 0.3 is 0 Å². The Morgan fingerprint density at radius 3 is 2.56 bits per heavy atom. The summed E-state index contributed by atoms with van der Waals surface area (Å²) < 4.78 is 0. The molecule has 3 nitrogen and oxygen atoms in total. The number of hydrogen-bond acceptors (Lipinski definition) is 3. The summed E-state index contributed by atoms with van der Waals surface area (Å²) in [6.07, 6.45) is 0.911. The fourth-order valence-corrected chi connectivity index (χ4v) is 1.85. The molecule has 3 heteroatoms. The molecular weight excluding hydrogens is 224 g/mol. The Hall–Kier alpha value is -2.16. The Labute approximate surface area is 107 Å². The zero-order valence-corrected chi connectivity index (χ0v) is 10.5. The first kappa shape index (κ1) is 12.3. The molecule has 2 aromatic rings. The second-order valence-corrected chi connectivity index (χ2v) is 4.36. The molecule has 0 fully saturated rings. The Balaban J connectivity index is 1.92. The molecule has 94 valence electrons. The quantitative estimate of drug-likeness (QED) is 0.722. The molecule has 4 N–H and O–H groups in total. The van der Waals surface area contributed by atoms with Crippen molar-refractivity contribution < 1.29 is 5.11 Å². The highest BCUT2D eigenvalue weighted by atomic mass is 16.3. The number of nitrogens with one attached hydrogen (secondary N) is 1. The maximum Gasteiger partial charge on any atom is 0.115 e. The van der Waals surface area contributed by atoms with Gasteiger partial charge in [-0.2, -0.15) is 0 Å². The van der Waals surface area contributed by atoms with Gasteiger partial charge < -0.3 is 16.2 Å². The van der Waals surface area contributed by atoms with Crippen molar-refractivity contribution in [3.05, 3.63) is 53.6 Å². The molecule has 0 aromatic heterocycles. The van der Waals surface area contributed by atoms with Crippen molar-refractivity contribution in [3.63, 3.8) is 0 Å². The van der Waals surface area contributed by atoms with Crippen LogP contribution in [0.1, 0.15) is 11.1 Å². The molecule has 2 rings (SSSR count). The Bertz CT molecular complexity index is 521. The molecule has 0 aliphatic carbocycles. The molecule has 0 atom stereocenters. The van der Waals surface area contributed by atoms with Gasteiger partial charge in [0.2, 0.25) is 0 Å². The third-order valence-corrected chi connectivity index (χ3v) is 3.04. The summed E-state index contributed by atoms with van der Waals surface area (Å²) in [4.78, 5) is 0. The van der Waals surface area contributed by atoms with E-state index in [9.17, 15) is 5.11 Å². The van der Waals surface area contributed by atoms with Gasteiger partial charge in [0.25, 0.3) is 0 Å². The summed E-state index contributed by atoms with van der Waals surface area (Å²) >= 11 is 0. The van der Waals surface area contributed by atoms with Gasteiger partial charge in [0.05, 0.1) is 0 Å². The molecule has 0 saturated heterocycles. The smallest absolute Gasteiger partial charge is 0.115 e. The topological polar surface area (TPSA) is 58.3 Å². The van der Waals surface area contributed by atoms with Crippen molar-refractivity contribution in [2.75, 3.05) is 17.6 Å². The summed E-state index contributed by atoms with van der Waals surface area (Å²) in [5, 5.41) is 12.6. The van der Waals surface area contributed by atoms with Crippen molar-refractivity contribution >= 4 is 11.4 Å². The minimum absolute atomic E-state index is 0.304. The molecule has 0 amide bonds. The molecule has 0 radical (unpaired) electrons. The van der Waals surface area contributed by atoms with Crippen LogP contribution in [0.5, 0.6) is 5.75 Å². The van der Waals surface area contributed by atoms with E-state index < -0.39 is 0 Å². The van der Waals surface area contributed by atoms with E-state index in [1.165, 1.54) is 5.56 Å². The zero-order valence-electron chi connectivity index (χ0n) is 10.5. The lowest BCUT2D eigenvalue weighted by Gasteiger charge is -2.11. The number of hydrogen-bond donors (Lipinski definition) is 3. The van der Waals surface area contributed by atoms with Crippen LogP contribution in [0.15, 0.2) is 42.5 Å². The van der Waals surface area contributed by atoms with Gasteiger partial charge in [-0.25, -0.2) is 0 Å². The van der Waals surface area contributed by atoms with Crippen molar-refractivity contribution in [1.29, 1.82) is 0 Å². The van der Waals surface area contributed by atoms with Gasteiger partial charge in [-0.3, -0.25) is 0 Å². The molecule has 18 heavy (non-hydrogen) atoms. The molecule has 0 bridgehead atoms. The van der Waals surface area contributed by atoms with E-state index in [-0.39, 0.29) is 0 Å². The lowest BCUT2D eigenvalue weighted by Crippen LogP contribution is -2.06. The SMILES string of the molecule is Cc1c(N)cccc1NCCc1ccc(O)cc1. The van der Waals surface area contributed by atoms with Crippen LogP contribution in [0.2, 0.25) is 0 Å². The van der Waals surface area contributed by atoms with E-state index in [1.54, 1.807) is 12.1 Å². The predicted molar refractivity (Wildman–Crippen MR) is 75.9 cm³/mol. The van der Waals surface area contributed by atoms with Crippen molar-refractivity contribution in [1.82, 2.24) is 0 Å². The average molecular weight is 242 g/mol. The summed E-state index contributed by atoms with van der Waals surface area (Å²) in [6, 6.07) is 13.2. The summed E-state index contributed by atoms with van der Waals surface area (Å²) in [5.74, 6) is 0.304. The monoisotopic (exact) mass is 242 g/mol. The van der Waals surface area contributed by atoms with E-state index in [2.05, 4.69) is 5.32 Å². The van der Waals surface area contributed by atoms with Crippen LogP contribution < -0.4 is 11.1 Å². The van der Waals surface area contributed by atoms with Gasteiger partial charge in [0, 0.05) is 17.9 Å². The molecule has 0 heterocycles. The Morgan fingerprint density at radius 2 is 1.83 bits per heavy atom. The second kappa shape index (κ2) is 5.45. The van der Waals surface area contributed by atoms with Gasteiger partial charge in [0.1, 0.15) is 5.75 Å².